The smallest absolute Gasteiger partial charge is 0.414 e. The maximum absolute atomic E-state index is 12.1. The molecule has 0 saturated heterocycles. The molecule has 0 aromatic heterocycles. The van der Waals surface area contributed by atoms with Gasteiger partial charge in [0.15, 0.2) is 5.75 Å². The lowest BCUT2D eigenvalue weighted by Gasteiger charge is -2.22. The summed E-state index contributed by atoms with van der Waals surface area (Å²) in [7, 11) is 0. The molecule has 0 aliphatic heterocycles. The standard InChI is InChI=1S/C21H23Cl2NO6/c1-5-29-20(28)24(11-18(26)27)12-8-15(22)19(16(23)9-12)30-13-6-7-17(25)14(10-13)21(2,3)4/h6-10,25H,5,11H2,1-4H3,(H,26,27). The molecule has 2 aromatic rings. The number of carbonyl (C=O) groups excluding carboxylic acids is 1. The third kappa shape index (κ3) is 5.70. The monoisotopic (exact) mass is 455 g/mol. The minimum Gasteiger partial charge on any atom is -0.508 e. The number of carboxylic acids is 1. The lowest BCUT2D eigenvalue weighted by molar-refractivity contribution is -0.135. The molecule has 1 amide bonds. The van der Waals surface area contributed by atoms with Crippen molar-refractivity contribution in [3.8, 4) is 17.2 Å². The number of benzene rings is 2. The molecule has 9 heteroatoms. The Morgan fingerprint density at radius 3 is 2.20 bits per heavy atom. The van der Waals surface area contributed by atoms with Crippen LogP contribution < -0.4 is 9.64 Å². The fourth-order valence-corrected chi connectivity index (χ4v) is 3.25. The zero-order valence-electron chi connectivity index (χ0n) is 17.0. The summed E-state index contributed by atoms with van der Waals surface area (Å²) in [6.45, 7) is 6.91. The summed E-state index contributed by atoms with van der Waals surface area (Å²) in [5.74, 6) is -0.551. The van der Waals surface area contributed by atoms with Crippen LogP contribution in [-0.2, 0) is 14.9 Å². The predicted octanol–water partition coefficient (Wildman–Crippen LogP) is 5.84. The van der Waals surface area contributed by atoms with E-state index in [0.717, 1.165) is 4.90 Å². The molecule has 0 bridgehead atoms. The molecule has 0 unspecified atom stereocenters. The Balaban J connectivity index is 2.41. The number of phenols is 1. The van der Waals surface area contributed by atoms with Crippen LogP contribution in [0.5, 0.6) is 17.2 Å². The number of nitrogens with zero attached hydrogens (tertiary/aromatic N) is 1. The van der Waals surface area contributed by atoms with Gasteiger partial charge in [0.05, 0.1) is 22.3 Å². The minimum atomic E-state index is -1.23. The molecule has 2 rings (SSSR count). The molecule has 30 heavy (non-hydrogen) atoms. The number of aliphatic carboxylic acids is 1. The Labute approximate surface area is 184 Å². The molecule has 0 spiro atoms. The van der Waals surface area contributed by atoms with Gasteiger partial charge in [-0.3, -0.25) is 9.69 Å². The number of aromatic hydroxyl groups is 1. The zero-order chi connectivity index (χ0) is 22.6. The van der Waals surface area contributed by atoms with Crippen molar-refractivity contribution in [2.75, 3.05) is 18.1 Å². The van der Waals surface area contributed by atoms with E-state index in [1.54, 1.807) is 19.1 Å². The summed E-state index contributed by atoms with van der Waals surface area (Å²) in [4.78, 5) is 24.2. The van der Waals surface area contributed by atoms with E-state index in [2.05, 4.69) is 0 Å². The Morgan fingerprint density at radius 1 is 1.10 bits per heavy atom. The van der Waals surface area contributed by atoms with Crippen LogP contribution in [0.15, 0.2) is 30.3 Å². The van der Waals surface area contributed by atoms with Crippen molar-refractivity contribution in [1.29, 1.82) is 0 Å². The van der Waals surface area contributed by atoms with Gasteiger partial charge in [-0.1, -0.05) is 44.0 Å². The van der Waals surface area contributed by atoms with Crippen LogP contribution in [0.3, 0.4) is 0 Å². The van der Waals surface area contributed by atoms with Crippen LogP contribution in [0, 0.1) is 0 Å². The molecule has 2 N–H and O–H groups in total. The zero-order valence-corrected chi connectivity index (χ0v) is 18.5. The Kier molecular flexibility index (Phi) is 7.44. The summed E-state index contributed by atoms with van der Waals surface area (Å²) in [6, 6.07) is 7.51. The van der Waals surface area contributed by atoms with Crippen LogP contribution in [0.25, 0.3) is 0 Å². The molecule has 0 atom stereocenters. The molecule has 0 saturated carbocycles. The minimum absolute atomic E-state index is 0.0718. The van der Waals surface area contributed by atoms with Crippen LogP contribution >= 0.6 is 23.2 Å². The van der Waals surface area contributed by atoms with Crippen molar-refractivity contribution in [2.24, 2.45) is 0 Å². The summed E-state index contributed by atoms with van der Waals surface area (Å²) >= 11 is 12.6. The topological polar surface area (TPSA) is 96.3 Å². The third-order valence-electron chi connectivity index (χ3n) is 4.07. The number of carbonyl (C=O) groups is 2. The normalized spacial score (nSPS) is 11.1. The Hall–Kier alpha value is -2.64. The van der Waals surface area contributed by atoms with Crippen molar-refractivity contribution in [1.82, 2.24) is 0 Å². The molecular formula is C21H23Cl2NO6. The Bertz CT molecular complexity index is 932. The second-order valence-electron chi connectivity index (χ2n) is 7.45. The van der Waals surface area contributed by atoms with Gasteiger partial charge < -0.3 is 19.7 Å². The molecule has 7 nitrogen and oxygen atoms in total. The van der Waals surface area contributed by atoms with Crippen LogP contribution in [0.2, 0.25) is 10.0 Å². The molecule has 2 aromatic carbocycles. The first-order valence-electron chi connectivity index (χ1n) is 9.10. The van der Waals surface area contributed by atoms with E-state index in [-0.39, 0.29) is 39.3 Å². The number of hydrogen-bond donors (Lipinski definition) is 2. The summed E-state index contributed by atoms with van der Waals surface area (Å²) < 4.78 is 10.7. The predicted molar refractivity (Wildman–Crippen MR) is 115 cm³/mol. The molecule has 0 aliphatic rings. The SMILES string of the molecule is CCOC(=O)N(CC(=O)O)c1cc(Cl)c(Oc2ccc(O)c(C(C)(C)C)c2)c(Cl)c1. The average molecular weight is 456 g/mol. The van der Waals surface area contributed by atoms with E-state index >= 15 is 0 Å². The highest BCUT2D eigenvalue weighted by molar-refractivity contribution is 6.37. The van der Waals surface area contributed by atoms with E-state index in [0.29, 0.717) is 11.3 Å². The molecule has 0 radical (unpaired) electrons. The number of anilines is 1. The van der Waals surface area contributed by atoms with Gasteiger partial charge in [-0.05, 0) is 42.7 Å². The first kappa shape index (κ1) is 23.6. The van der Waals surface area contributed by atoms with E-state index in [4.69, 9.17) is 37.8 Å². The van der Waals surface area contributed by atoms with Crippen LogP contribution in [0.4, 0.5) is 10.5 Å². The van der Waals surface area contributed by atoms with E-state index in [1.165, 1.54) is 18.2 Å². The Morgan fingerprint density at radius 2 is 1.70 bits per heavy atom. The molecule has 162 valence electrons. The summed E-state index contributed by atoms with van der Waals surface area (Å²) in [6.07, 6.45) is -0.839. The van der Waals surface area contributed by atoms with Gasteiger partial charge in [0.1, 0.15) is 18.0 Å². The van der Waals surface area contributed by atoms with Gasteiger partial charge in [-0.25, -0.2) is 4.79 Å². The number of carboxylic acid groups (broad SMARTS) is 1. The van der Waals surface area contributed by atoms with E-state index in [1.807, 2.05) is 20.8 Å². The molecule has 0 aliphatic carbocycles. The van der Waals surface area contributed by atoms with Gasteiger partial charge in [0, 0.05) is 5.56 Å². The third-order valence-corrected chi connectivity index (χ3v) is 4.63. The van der Waals surface area contributed by atoms with Gasteiger partial charge in [-0.15, -0.1) is 0 Å². The highest BCUT2D eigenvalue weighted by Crippen LogP contribution is 2.41. The number of hydrogen-bond acceptors (Lipinski definition) is 5. The fraction of sp³-hybridized carbons (Fsp3) is 0.333. The van der Waals surface area contributed by atoms with Crippen molar-refractivity contribution >= 4 is 41.0 Å². The largest absolute Gasteiger partial charge is 0.508 e. The van der Waals surface area contributed by atoms with E-state index < -0.39 is 18.6 Å². The number of amides is 1. The number of ether oxygens (including phenoxy) is 2. The van der Waals surface area contributed by atoms with Crippen molar-refractivity contribution in [3.63, 3.8) is 0 Å². The maximum Gasteiger partial charge on any atom is 0.414 e. The van der Waals surface area contributed by atoms with Crippen LogP contribution in [-0.4, -0.2) is 35.4 Å². The number of phenolic OH excluding ortho intramolecular Hbond substituents is 1. The maximum atomic E-state index is 12.1. The lowest BCUT2D eigenvalue weighted by Crippen LogP contribution is -2.36. The van der Waals surface area contributed by atoms with Gasteiger partial charge >= 0.3 is 12.1 Å². The van der Waals surface area contributed by atoms with Crippen molar-refractivity contribution in [2.45, 2.75) is 33.1 Å². The molecular weight excluding hydrogens is 433 g/mol. The van der Waals surface area contributed by atoms with Crippen LogP contribution in [0.1, 0.15) is 33.3 Å². The van der Waals surface area contributed by atoms with Crippen molar-refractivity contribution in [3.05, 3.63) is 45.9 Å². The second kappa shape index (κ2) is 9.45. The average Bonchev–Trinajstić information content (AvgIpc) is 2.63. The first-order chi connectivity index (χ1) is 13.9. The lowest BCUT2D eigenvalue weighted by atomic mass is 9.86. The molecule has 0 heterocycles. The quantitative estimate of drug-likeness (QED) is 0.567. The fourth-order valence-electron chi connectivity index (χ4n) is 2.69. The van der Waals surface area contributed by atoms with Gasteiger partial charge in [0.25, 0.3) is 0 Å². The highest BCUT2D eigenvalue weighted by Gasteiger charge is 2.24. The first-order valence-corrected chi connectivity index (χ1v) is 9.86. The second-order valence-corrected chi connectivity index (χ2v) is 8.26. The van der Waals surface area contributed by atoms with E-state index in [9.17, 15) is 14.7 Å². The van der Waals surface area contributed by atoms with Crippen molar-refractivity contribution < 1.29 is 29.3 Å². The number of halogens is 2. The van der Waals surface area contributed by atoms with Gasteiger partial charge in [0.2, 0.25) is 0 Å². The highest BCUT2D eigenvalue weighted by atomic mass is 35.5. The summed E-state index contributed by atoms with van der Waals surface area (Å²) in [5, 5.41) is 19.4. The van der Waals surface area contributed by atoms with Gasteiger partial charge in [-0.2, -0.15) is 0 Å². The number of rotatable bonds is 6. The summed E-state index contributed by atoms with van der Waals surface area (Å²) in [5.41, 5.74) is 0.510. The molecule has 0 fully saturated rings.